The summed E-state index contributed by atoms with van der Waals surface area (Å²) in [6.45, 7) is 0.223. The molecule has 2 aromatic rings. The minimum absolute atomic E-state index is 0.0347. The molecule has 3 rings (SSSR count). The molecule has 0 atom stereocenters. The van der Waals surface area contributed by atoms with Crippen molar-refractivity contribution in [3.8, 4) is 5.75 Å². The van der Waals surface area contributed by atoms with Crippen LogP contribution in [0.1, 0.15) is 18.4 Å². The Bertz CT molecular complexity index is 1130. The van der Waals surface area contributed by atoms with Crippen LogP contribution in [-0.4, -0.2) is 36.2 Å². The Hall–Kier alpha value is -2.47. The molecule has 1 saturated heterocycles. The number of rotatable bonds is 5. The monoisotopic (exact) mass is 464 g/mol. The summed E-state index contributed by atoms with van der Waals surface area (Å²) >= 11 is 0. The zero-order valence-electron chi connectivity index (χ0n) is 15.8. The number of hydrogen-bond donors (Lipinski definition) is 1. The van der Waals surface area contributed by atoms with Crippen molar-refractivity contribution in [2.24, 2.45) is 0 Å². The largest absolute Gasteiger partial charge is 0.495 e. The third kappa shape index (κ3) is 4.64. The molecule has 0 aromatic heterocycles. The summed E-state index contributed by atoms with van der Waals surface area (Å²) in [5.41, 5.74) is -0.829. The van der Waals surface area contributed by atoms with Crippen LogP contribution < -0.4 is 13.8 Å². The number of sulfonamides is 2. The van der Waals surface area contributed by atoms with Gasteiger partial charge in [0.1, 0.15) is 10.6 Å². The molecule has 1 N–H and O–H groups in total. The van der Waals surface area contributed by atoms with Gasteiger partial charge >= 0.3 is 6.18 Å². The molecule has 12 heteroatoms. The predicted octanol–water partition coefficient (Wildman–Crippen LogP) is 3.44. The molecule has 0 unspecified atom stereocenters. The van der Waals surface area contributed by atoms with Crippen molar-refractivity contribution in [3.63, 3.8) is 0 Å². The average Bonchev–Trinajstić information content (AvgIpc) is 2.66. The molecule has 1 fully saturated rings. The second kappa shape index (κ2) is 7.99. The molecule has 1 heterocycles. The van der Waals surface area contributed by atoms with E-state index < -0.39 is 31.8 Å². The molecule has 164 valence electrons. The van der Waals surface area contributed by atoms with Crippen LogP contribution in [0.15, 0.2) is 47.4 Å². The highest BCUT2D eigenvalue weighted by Crippen LogP contribution is 2.34. The van der Waals surface area contributed by atoms with Gasteiger partial charge in [-0.3, -0.25) is 9.03 Å². The summed E-state index contributed by atoms with van der Waals surface area (Å²) in [6, 6.07) is 7.45. The quantitative estimate of drug-likeness (QED) is 0.732. The first kappa shape index (κ1) is 22.2. The maximum absolute atomic E-state index is 12.9. The highest BCUT2D eigenvalue weighted by atomic mass is 32.2. The Morgan fingerprint density at radius 1 is 1.07 bits per heavy atom. The van der Waals surface area contributed by atoms with E-state index in [-0.39, 0.29) is 34.3 Å². The van der Waals surface area contributed by atoms with Crippen LogP contribution in [0.4, 0.5) is 24.5 Å². The van der Waals surface area contributed by atoms with E-state index in [0.717, 1.165) is 28.6 Å². The lowest BCUT2D eigenvalue weighted by atomic mass is 10.2. The van der Waals surface area contributed by atoms with E-state index in [1.54, 1.807) is 0 Å². The molecule has 0 amide bonds. The van der Waals surface area contributed by atoms with Crippen LogP contribution in [0.25, 0.3) is 0 Å². The summed E-state index contributed by atoms with van der Waals surface area (Å²) in [7, 11) is -6.59. The number of hydrogen-bond acceptors (Lipinski definition) is 5. The van der Waals surface area contributed by atoms with Crippen molar-refractivity contribution >= 4 is 31.4 Å². The van der Waals surface area contributed by atoms with Gasteiger partial charge < -0.3 is 4.74 Å². The maximum Gasteiger partial charge on any atom is 0.416 e. The highest BCUT2D eigenvalue weighted by Gasteiger charge is 2.31. The standard InChI is InChI=1S/C18H19F3N2O5S2/c1-28-16-9-8-15(23-10-2-3-11-29(23,24)25)12-17(16)30(26,27)22-14-6-4-13(5-7-14)18(19,20)21/h4-9,12,22H,2-3,10-11H2,1H3. The van der Waals surface area contributed by atoms with E-state index in [9.17, 15) is 30.0 Å². The van der Waals surface area contributed by atoms with E-state index in [4.69, 9.17) is 4.74 Å². The fraction of sp³-hybridized carbons (Fsp3) is 0.333. The number of methoxy groups -OCH3 is 1. The molecular formula is C18H19F3N2O5S2. The first-order valence-electron chi connectivity index (χ1n) is 8.82. The Balaban J connectivity index is 1.96. The van der Waals surface area contributed by atoms with Crippen LogP contribution in [0, 0.1) is 0 Å². The van der Waals surface area contributed by atoms with Crippen molar-refractivity contribution in [1.82, 2.24) is 0 Å². The fourth-order valence-electron chi connectivity index (χ4n) is 3.05. The van der Waals surface area contributed by atoms with Gasteiger partial charge in [0.15, 0.2) is 0 Å². The zero-order chi connectivity index (χ0) is 22.2. The van der Waals surface area contributed by atoms with Gasteiger partial charge in [0, 0.05) is 12.2 Å². The lowest BCUT2D eigenvalue weighted by Crippen LogP contribution is -2.37. The van der Waals surface area contributed by atoms with Gasteiger partial charge in [-0.2, -0.15) is 13.2 Å². The predicted molar refractivity (Wildman–Crippen MR) is 106 cm³/mol. The van der Waals surface area contributed by atoms with Crippen LogP contribution in [0.3, 0.4) is 0 Å². The summed E-state index contributed by atoms with van der Waals surface area (Å²) < 4.78 is 97.0. The van der Waals surface area contributed by atoms with E-state index in [1.807, 2.05) is 0 Å². The van der Waals surface area contributed by atoms with Gasteiger partial charge in [0.05, 0.1) is 24.1 Å². The van der Waals surface area contributed by atoms with Gasteiger partial charge in [-0.05, 0) is 55.3 Å². The zero-order valence-corrected chi connectivity index (χ0v) is 17.4. The normalized spacial score (nSPS) is 16.9. The lowest BCUT2D eigenvalue weighted by Gasteiger charge is -2.28. The van der Waals surface area contributed by atoms with Crippen molar-refractivity contribution in [2.75, 3.05) is 28.4 Å². The Morgan fingerprint density at radius 3 is 2.30 bits per heavy atom. The molecule has 0 bridgehead atoms. The molecule has 0 aliphatic carbocycles. The van der Waals surface area contributed by atoms with Crippen LogP contribution >= 0.6 is 0 Å². The van der Waals surface area contributed by atoms with E-state index in [2.05, 4.69) is 4.72 Å². The minimum atomic E-state index is -4.55. The van der Waals surface area contributed by atoms with Crippen molar-refractivity contribution in [2.45, 2.75) is 23.9 Å². The molecule has 0 radical (unpaired) electrons. The van der Waals surface area contributed by atoms with Crippen LogP contribution in [0.2, 0.25) is 0 Å². The molecule has 1 aliphatic rings. The van der Waals surface area contributed by atoms with Crippen molar-refractivity contribution in [1.29, 1.82) is 0 Å². The Kier molecular flexibility index (Phi) is 5.92. The van der Waals surface area contributed by atoms with Crippen molar-refractivity contribution < 1.29 is 34.7 Å². The molecule has 2 aromatic carbocycles. The highest BCUT2D eigenvalue weighted by molar-refractivity contribution is 7.93. The number of ether oxygens (including phenoxy) is 1. The molecule has 0 spiro atoms. The van der Waals surface area contributed by atoms with Crippen LogP contribution in [0.5, 0.6) is 5.75 Å². The lowest BCUT2D eigenvalue weighted by molar-refractivity contribution is -0.137. The van der Waals surface area contributed by atoms with E-state index in [0.29, 0.717) is 12.8 Å². The third-order valence-electron chi connectivity index (χ3n) is 4.54. The number of nitrogens with zero attached hydrogens (tertiary/aromatic N) is 1. The van der Waals surface area contributed by atoms with Crippen molar-refractivity contribution in [3.05, 3.63) is 48.0 Å². The number of alkyl halides is 3. The summed E-state index contributed by atoms with van der Waals surface area (Å²) in [5, 5.41) is 0. The smallest absolute Gasteiger partial charge is 0.416 e. The van der Waals surface area contributed by atoms with E-state index in [1.165, 1.54) is 25.3 Å². The topological polar surface area (TPSA) is 92.8 Å². The molecule has 30 heavy (non-hydrogen) atoms. The fourth-order valence-corrected chi connectivity index (χ4v) is 5.93. The number of anilines is 2. The molecular weight excluding hydrogens is 445 g/mol. The van der Waals surface area contributed by atoms with Crippen LogP contribution in [-0.2, 0) is 26.2 Å². The molecule has 0 saturated carbocycles. The third-order valence-corrected chi connectivity index (χ3v) is 7.81. The van der Waals surface area contributed by atoms with Gasteiger partial charge in [-0.25, -0.2) is 16.8 Å². The molecule has 1 aliphatic heterocycles. The van der Waals surface area contributed by atoms with Gasteiger partial charge in [0.2, 0.25) is 10.0 Å². The first-order chi connectivity index (χ1) is 13.9. The van der Waals surface area contributed by atoms with Gasteiger partial charge in [-0.1, -0.05) is 0 Å². The SMILES string of the molecule is COc1ccc(N2CCCCS2(=O)=O)cc1S(=O)(=O)Nc1ccc(C(F)(F)F)cc1. The molecule has 7 nitrogen and oxygen atoms in total. The summed E-state index contributed by atoms with van der Waals surface area (Å²) in [6.07, 6.45) is -3.39. The van der Waals surface area contributed by atoms with Gasteiger partial charge in [-0.15, -0.1) is 0 Å². The average molecular weight is 464 g/mol. The second-order valence-electron chi connectivity index (χ2n) is 6.61. The summed E-state index contributed by atoms with van der Waals surface area (Å²) in [4.78, 5) is -0.330. The minimum Gasteiger partial charge on any atom is -0.495 e. The van der Waals surface area contributed by atoms with E-state index >= 15 is 0 Å². The van der Waals surface area contributed by atoms with Gasteiger partial charge in [0.25, 0.3) is 10.0 Å². The number of nitrogens with one attached hydrogen (secondary N) is 1. The number of benzene rings is 2. The Morgan fingerprint density at radius 2 is 1.73 bits per heavy atom. The summed E-state index contributed by atoms with van der Waals surface area (Å²) in [5.74, 6) is -0.0714. The number of halogens is 3. The Labute approximate surface area is 172 Å². The maximum atomic E-state index is 12.9. The second-order valence-corrected chi connectivity index (χ2v) is 10.3. The first-order valence-corrected chi connectivity index (χ1v) is 11.9.